The maximum atomic E-state index is 15.3. The third-order valence-electron chi connectivity index (χ3n) is 6.31. The summed E-state index contributed by atoms with van der Waals surface area (Å²) in [4.78, 5) is 29.9. The van der Waals surface area contributed by atoms with Gasteiger partial charge in [0.2, 0.25) is 0 Å². The highest BCUT2D eigenvalue weighted by Gasteiger charge is 2.34. The molecule has 2 atom stereocenters. The van der Waals surface area contributed by atoms with Crippen LogP contribution in [0.2, 0.25) is 10.2 Å². The number of benzene rings is 1. The molecule has 0 amide bonds. The maximum absolute atomic E-state index is 15.3. The molecule has 1 aliphatic rings. The standard InChI is InChI=1S/C23H17Cl2FN10O/c1-10-6-16(22-28-8-14(30-22)11-2-5-17(27)32-21(11)25)36-18(37)7-13(31-23(10)36)19-15(35-9-29-33-34-35)4-3-12(24)20(19)26/h2-5,7-10,16H,6H2,1H3,(H2,27,32)(H,28,30)/t10-,16+/m0/s1. The molecule has 6 rings (SSSR count). The molecule has 1 aromatic carbocycles. The third-order valence-corrected chi connectivity index (χ3v) is 6.89. The number of imidazole rings is 1. The molecule has 5 aromatic rings. The van der Waals surface area contributed by atoms with Gasteiger partial charge in [0, 0.05) is 17.5 Å². The first kappa shape index (κ1) is 23.3. The Morgan fingerprint density at radius 3 is 2.78 bits per heavy atom. The van der Waals surface area contributed by atoms with Crippen LogP contribution in [0.1, 0.15) is 37.0 Å². The van der Waals surface area contributed by atoms with Crippen molar-refractivity contribution in [2.45, 2.75) is 25.3 Å². The van der Waals surface area contributed by atoms with Crippen molar-refractivity contribution in [3.8, 4) is 28.2 Å². The van der Waals surface area contributed by atoms with Crippen LogP contribution in [0.25, 0.3) is 28.2 Å². The summed E-state index contributed by atoms with van der Waals surface area (Å²) < 4.78 is 18.1. The lowest BCUT2D eigenvalue weighted by Crippen LogP contribution is -2.25. The van der Waals surface area contributed by atoms with Crippen molar-refractivity contribution in [1.29, 1.82) is 0 Å². The number of nitrogen functional groups attached to an aromatic ring is 1. The smallest absolute Gasteiger partial charge is 0.254 e. The fraction of sp³-hybridized carbons (Fsp3) is 0.174. The second-order valence-corrected chi connectivity index (χ2v) is 9.39. The predicted octanol–water partition coefficient (Wildman–Crippen LogP) is 3.80. The molecule has 0 fully saturated rings. The summed E-state index contributed by atoms with van der Waals surface area (Å²) in [6.45, 7) is 1.95. The lowest BCUT2D eigenvalue weighted by atomic mass is 10.1. The Bertz CT molecular complexity index is 1720. The van der Waals surface area contributed by atoms with Gasteiger partial charge in [0.05, 0.1) is 39.9 Å². The van der Waals surface area contributed by atoms with Crippen molar-refractivity contribution >= 4 is 29.0 Å². The molecule has 0 saturated carbocycles. The Kier molecular flexibility index (Phi) is 5.50. The van der Waals surface area contributed by atoms with E-state index in [4.69, 9.17) is 33.9 Å². The number of aromatic amines is 1. The first-order valence-electron chi connectivity index (χ1n) is 11.1. The number of halogens is 3. The van der Waals surface area contributed by atoms with Crippen molar-refractivity contribution in [1.82, 2.24) is 44.7 Å². The monoisotopic (exact) mass is 538 g/mol. The van der Waals surface area contributed by atoms with Gasteiger partial charge in [-0.3, -0.25) is 9.36 Å². The second kappa shape index (κ2) is 8.75. The summed E-state index contributed by atoms with van der Waals surface area (Å²) >= 11 is 12.3. The van der Waals surface area contributed by atoms with Crippen LogP contribution in [-0.4, -0.2) is 44.7 Å². The number of fused-ring (bicyclic) bond motifs is 1. The second-order valence-electron chi connectivity index (χ2n) is 8.63. The molecule has 0 aliphatic carbocycles. The third kappa shape index (κ3) is 3.85. The van der Waals surface area contributed by atoms with Crippen LogP contribution >= 0.6 is 23.2 Å². The van der Waals surface area contributed by atoms with Gasteiger partial charge in [0.25, 0.3) is 5.56 Å². The molecule has 186 valence electrons. The number of pyridine rings is 1. The lowest BCUT2D eigenvalue weighted by Gasteiger charge is -2.15. The molecule has 0 unspecified atom stereocenters. The minimum atomic E-state index is -0.724. The number of nitrogens with one attached hydrogen (secondary N) is 1. The van der Waals surface area contributed by atoms with Gasteiger partial charge >= 0.3 is 0 Å². The SMILES string of the molecule is C[C@H]1C[C@H](c2ncc(-c3ccc(N)nc3Cl)[nH]2)n2c1nc(-c1c(-n3cnnn3)ccc(Cl)c1F)cc2=O. The number of H-pyrrole nitrogens is 1. The number of anilines is 1. The zero-order chi connectivity index (χ0) is 25.8. The lowest BCUT2D eigenvalue weighted by molar-refractivity contribution is 0.555. The summed E-state index contributed by atoms with van der Waals surface area (Å²) in [7, 11) is 0. The van der Waals surface area contributed by atoms with Gasteiger partial charge in [-0.25, -0.2) is 19.3 Å². The van der Waals surface area contributed by atoms with E-state index in [0.29, 0.717) is 40.8 Å². The normalized spacial score (nSPS) is 16.8. The Morgan fingerprint density at radius 1 is 1.19 bits per heavy atom. The number of nitrogens with two attached hydrogens (primary N) is 1. The van der Waals surface area contributed by atoms with Crippen molar-refractivity contribution in [3.05, 3.63) is 80.9 Å². The van der Waals surface area contributed by atoms with E-state index >= 15 is 4.39 Å². The van der Waals surface area contributed by atoms with Crippen LogP contribution in [0.15, 0.2) is 47.7 Å². The van der Waals surface area contributed by atoms with E-state index in [1.165, 1.54) is 23.1 Å². The van der Waals surface area contributed by atoms with E-state index in [1.807, 2.05) is 6.92 Å². The Hall–Kier alpha value is -4.16. The number of aromatic nitrogens is 9. The minimum Gasteiger partial charge on any atom is -0.384 e. The molecular formula is C23H17Cl2FN10O. The molecule has 3 N–H and O–H groups in total. The minimum absolute atomic E-state index is 0.0294. The molecule has 0 saturated heterocycles. The molecule has 1 aliphatic heterocycles. The molecular weight excluding hydrogens is 522 g/mol. The van der Waals surface area contributed by atoms with Gasteiger partial charge in [0.15, 0.2) is 5.82 Å². The zero-order valence-corrected chi connectivity index (χ0v) is 20.6. The number of rotatable bonds is 4. The number of tetrazole rings is 1. The van der Waals surface area contributed by atoms with Crippen LogP contribution in [0.4, 0.5) is 10.2 Å². The van der Waals surface area contributed by atoms with Crippen molar-refractivity contribution in [3.63, 3.8) is 0 Å². The molecule has 5 heterocycles. The fourth-order valence-electron chi connectivity index (χ4n) is 4.62. The number of nitrogens with zero attached hydrogens (tertiary/aromatic N) is 8. The fourth-order valence-corrected chi connectivity index (χ4v) is 5.04. The number of hydrogen-bond donors (Lipinski definition) is 2. The first-order valence-corrected chi connectivity index (χ1v) is 11.9. The average Bonchev–Trinajstić information content (AvgIpc) is 3.62. The summed E-state index contributed by atoms with van der Waals surface area (Å²) in [6.07, 6.45) is 3.51. The molecule has 0 radical (unpaired) electrons. The van der Waals surface area contributed by atoms with Crippen molar-refractivity contribution < 1.29 is 4.39 Å². The van der Waals surface area contributed by atoms with E-state index in [9.17, 15) is 4.79 Å². The van der Waals surface area contributed by atoms with E-state index < -0.39 is 11.9 Å². The summed E-state index contributed by atoms with van der Waals surface area (Å²) in [5.74, 6) is 0.526. The van der Waals surface area contributed by atoms with Crippen LogP contribution < -0.4 is 11.3 Å². The molecule has 11 nitrogen and oxygen atoms in total. The predicted molar refractivity (Wildman–Crippen MR) is 134 cm³/mol. The Morgan fingerprint density at radius 2 is 2.03 bits per heavy atom. The quantitative estimate of drug-likeness (QED) is 0.328. The summed E-state index contributed by atoms with van der Waals surface area (Å²) in [5, 5.41) is 11.2. The van der Waals surface area contributed by atoms with Gasteiger partial charge in [-0.15, -0.1) is 5.10 Å². The maximum Gasteiger partial charge on any atom is 0.254 e. The average molecular weight is 539 g/mol. The molecule has 14 heteroatoms. The molecule has 0 bridgehead atoms. The van der Waals surface area contributed by atoms with E-state index in [0.717, 1.165) is 0 Å². The summed E-state index contributed by atoms with van der Waals surface area (Å²) in [5.41, 5.74) is 7.07. The molecule has 0 spiro atoms. The highest BCUT2D eigenvalue weighted by Crippen LogP contribution is 2.39. The van der Waals surface area contributed by atoms with Crippen molar-refractivity contribution in [2.24, 2.45) is 0 Å². The van der Waals surface area contributed by atoms with Gasteiger partial charge < -0.3 is 10.7 Å². The number of hydrogen-bond acceptors (Lipinski definition) is 8. The van der Waals surface area contributed by atoms with Crippen LogP contribution in [-0.2, 0) is 0 Å². The van der Waals surface area contributed by atoms with Gasteiger partial charge in [-0.1, -0.05) is 30.1 Å². The van der Waals surface area contributed by atoms with Gasteiger partial charge in [-0.2, -0.15) is 4.68 Å². The molecule has 37 heavy (non-hydrogen) atoms. The highest BCUT2D eigenvalue weighted by molar-refractivity contribution is 6.32. The van der Waals surface area contributed by atoms with Crippen molar-refractivity contribution in [2.75, 3.05) is 5.73 Å². The van der Waals surface area contributed by atoms with Crippen LogP contribution in [0, 0.1) is 5.82 Å². The summed E-state index contributed by atoms with van der Waals surface area (Å²) in [6, 6.07) is 7.22. The van der Waals surface area contributed by atoms with E-state index in [2.05, 4.69) is 30.5 Å². The Balaban J connectivity index is 1.44. The zero-order valence-electron chi connectivity index (χ0n) is 19.1. The van der Waals surface area contributed by atoms with Gasteiger partial charge in [0.1, 0.15) is 28.9 Å². The Labute approximate surface area is 218 Å². The topological polar surface area (TPSA) is 146 Å². The first-order chi connectivity index (χ1) is 17.8. The molecule has 4 aromatic heterocycles. The van der Waals surface area contributed by atoms with Gasteiger partial charge in [-0.05, 0) is 41.1 Å². The van der Waals surface area contributed by atoms with Crippen LogP contribution in [0.3, 0.4) is 0 Å². The van der Waals surface area contributed by atoms with E-state index in [1.54, 1.807) is 29.0 Å². The van der Waals surface area contributed by atoms with Crippen LogP contribution in [0.5, 0.6) is 0 Å². The van der Waals surface area contributed by atoms with E-state index in [-0.39, 0.29) is 32.9 Å². The largest absolute Gasteiger partial charge is 0.384 e. The highest BCUT2D eigenvalue weighted by atomic mass is 35.5.